The molecule has 6 nitrogen and oxygen atoms in total. The van der Waals surface area contributed by atoms with Crippen LogP contribution in [0.2, 0.25) is 0 Å². The summed E-state index contributed by atoms with van der Waals surface area (Å²) in [6.07, 6.45) is 0. The first-order valence-corrected chi connectivity index (χ1v) is 20.7. The lowest BCUT2D eigenvalue weighted by Gasteiger charge is -2.09. The molecule has 0 spiro atoms. The van der Waals surface area contributed by atoms with Gasteiger partial charge in [-0.15, -0.1) is 5.10 Å². The van der Waals surface area contributed by atoms with E-state index in [9.17, 15) is 0 Å². The molecule has 0 N–H and O–H groups in total. The van der Waals surface area contributed by atoms with Gasteiger partial charge in [0.2, 0.25) is 0 Å². The number of hydrogen-bond donors (Lipinski definition) is 0. The van der Waals surface area contributed by atoms with Crippen molar-refractivity contribution < 1.29 is 13.3 Å². The monoisotopic (exact) mass is 795 g/mol. The minimum atomic E-state index is 0.626. The first-order chi connectivity index (χ1) is 30.7. The summed E-state index contributed by atoms with van der Waals surface area (Å²) in [7, 11) is 0. The molecule has 4 aromatic heterocycles. The summed E-state index contributed by atoms with van der Waals surface area (Å²) >= 11 is 0. The Labute approximate surface area is 354 Å². The molecule has 4 heterocycles. The third-order valence-electron chi connectivity index (χ3n) is 12.2. The molecule has 0 aliphatic carbocycles. The van der Waals surface area contributed by atoms with Crippen LogP contribution in [0, 0.1) is 0 Å². The topological polar surface area (TPSA) is 70.1 Å². The van der Waals surface area contributed by atoms with E-state index in [1.807, 2.05) is 47.1 Å². The first kappa shape index (κ1) is 34.4. The molecular weight excluding hydrogens is 763 g/mol. The number of furan rings is 3. The zero-order chi connectivity index (χ0) is 40.7. The second-order valence-corrected chi connectivity index (χ2v) is 15.7. The number of hydrogen-bond acceptors (Lipinski definition) is 5. The zero-order valence-electron chi connectivity index (χ0n) is 33.1. The van der Waals surface area contributed by atoms with Crippen molar-refractivity contribution in [1.82, 2.24) is 14.8 Å². The third-order valence-corrected chi connectivity index (χ3v) is 12.2. The molecule has 9 aromatic carbocycles. The number of para-hydroxylation sites is 6. The Kier molecular flexibility index (Phi) is 7.50. The minimum Gasteiger partial charge on any atom is -0.455 e. The van der Waals surface area contributed by atoms with Gasteiger partial charge in [-0.3, -0.25) is 0 Å². The molecule has 0 saturated carbocycles. The van der Waals surface area contributed by atoms with Crippen molar-refractivity contribution in [2.24, 2.45) is 0 Å². The molecule has 0 atom stereocenters. The van der Waals surface area contributed by atoms with Crippen molar-refractivity contribution in [3.8, 4) is 61.8 Å². The van der Waals surface area contributed by atoms with Crippen LogP contribution >= 0.6 is 0 Å². The van der Waals surface area contributed by atoms with Crippen LogP contribution in [0.15, 0.2) is 213 Å². The van der Waals surface area contributed by atoms with Crippen LogP contribution in [0.4, 0.5) is 0 Å². The van der Waals surface area contributed by atoms with Gasteiger partial charge in [0.1, 0.15) is 33.5 Å². The maximum atomic E-state index is 6.40. The Morgan fingerprint density at radius 1 is 0.306 bits per heavy atom. The molecule has 0 bridgehead atoms. The van der Waals surface area contributed by atoms with Gasteiger partial charge >= 0.3 is 0 Å². The van der Waals surface area contributed by atoms with E-state index in [0.717, 1.165) is 122 Å². The summed E-state index contributed by atoms with van der Waals surface area (Å²) in [5.74, 6) is 1.36. The van der Waals surface area contributed by atoms with Crippen LogP contribution in [-0.4, -0.2) is 14.8 Å². The molecule has 0 aliphatic heterocycles. The van der Waals surface area contributed by atoms with Gasteiger partial charge in [0.05, 0.1) is 5.69 Å². The molecule has 0 saturated heterocycles. The van der Waals surface area contributed by atoms with Crippen LogP contribution in [0.1, 0.15) is 0 Å². The number of benzene rings is 9. The van der Waals surface area contributed by atoms with Crippen molar-refractivity contribution >= 4 is 65.8 Å². The smallest absolute Gasteiger partial charge is 0.182 e. The average Bonchev–Trinajstić information content (AvgIpc) is 4.14. The number of fused-ring (bicyclic) bond motifs is 9. The Bertz CT molecular complexity index is 3670. The van der Waals surface area contributed by atoms with Gasteiger partial charge < -0.3 is 13.3 Å². The molecule has 0 fully saturated rings. The lowest BCUT2D eigenvalue weighted by atomic mass is 10.0. The van der Waals surface area contributed by atoms with E-state index in [2.05, 4.69) is 158 Å². The standard InChI is InChI=1S/C56H33N3O3/c1-4-19-49-43(10-1)46-16-7-13-40(52(46)60-49)34-22-26-37(27-23-34)55-57-56(38-28-24-35(25-29-38)41-14-8-17-47-44-11-2-5-20-50(44)61-53(41)47)59(58-55)39-32-30-36(31-33-39)42-15-9-18-48-45-12-3-6-21-51(45)62-54(42)48/h1-33H. The van der Waals surface area contributed by atoms with E-state index in [1.165, 1.54) is 0 Å². The quantitative estimate of drug-likeness (QED) is 0.168. The molecule has 0 radical (unpaired) electrons. The largest absolute Gasteiger partial charge is 0.455 e. The molecular formula is C56H33N3O3. The van der Waals surface area contributed by atoms with Crippen LogP contribution in [0.3, 0.4) is 0 Å². The second-order valence-electron chi connectivity index (χ2n) is 15.7. The highest BCUT2D eigenvalue weighted by Gasteiger charge is 2.19. The van der Waals surface area contributed by atoms with Crippen molar-refractivity contribution in [3.63, 3.8) is 0 Å². The van der Waals surface area contributed by atoms with Crippen LogP contribution < -0.4 is 0 Å². The van der Waals surface area contributed by atoms with E-state index in [-0.39, 0.29) is 0 Å². The van der Waals surface area contributed by atoms with E-state index >= 15 is 0 Å². The maximum absolute atomic E-state index is 6.40. The fourth-order valence-electron chi connectivity index (χ4n) is 9.10. The summed E-state index contributed by atoms with van der Waals surface area (Å²) in [5, 5.41) is 11.8. The van der Waals surface area contributed by atoms with Gasteiger partial charge in [-0.25, -0.2) is 9.67 Å². The Hall–Kier alpha value is -8.48. The lowest BCUT2D eigenvalue weighted by Crippen LogP contribution is -2.00. The SMILES string of the molecule is c1ccc2c(c1)oc1c(-c3ccc(-c4nc(-c5ccc(-c6cccc7c6oc6ccccc67)cc5)n(-c5ccc(-c6cccc7c6oc6ccccc67)cc5)n4)cc3)cccc12. The van der Waals surface area contributed by atoms with Gasteiger partial charge in [0.15, 0.2) is 11.6 Å². The molecule has 13 aromatic rings. The van der Waals surface area contributed by atoms with Crippen LogP contribution in [-0.2, 0) is 0 Å². The van der Waals surface area contributed by atoms with Crippen LogP contribution in [0.25, 0.3) is 128 Å². The molecule has 0 unspecified atom stereocenters. The second kappa shape index (κ2) is 13.5. The third kappa shape index (κ3) is 5.37. The fourth-order valence-corrected chi connectivity index (χ4v) is 9.10. The predicted molar refractivity (Wildman–Crippen MR) is 250 cm³/mol. The Morgan fingerprint density at radius 2 is 0.661 bits per heavy atom. The number of aromatic nitrogens is 3. The Balaban J connectivity index is 0.904. The minimum absolute atomic E-state index is 0.626. The Morgan fingerprint density at radius 3 is 1.10 bits per heavy atom. The molecule has 0 aliphatic rings. The van der Waals surface area contributed by atoms with Gasteiger partial charge in [0, 0.05) is 60.1 Å². The molecule has 62 heavy (non-hydrogen) atoms. The summed E-state index contributed by atoms with van der Waals surface area (Å²) in [6, 6.07) is 69.0. The van der Waals surface area contributed by atoms with Crippen molar-refractivity contribution in [3.05, 3.63) is 200 Å². The van der Waals surface area contributed by atoms with Crippen molar-refractivity contribution in [2.75, 3.05) is 0 Å². The number of nitrogens with zero attached hydrogens (tertiary/aromatic N) is 3. The van der Waals surface area contributed by atoms with Gasteiger partial charge in [-0.05, 0) is 47.0 Å². The number of rotatable bonds is 6. The summed E-state index contributed by atoms with van der Waals surface area (Å²) in [4.78, 5) is 5.24. The molecule has 13 rings (SSSR count). The van der Waals surface area contributed by atoms with E-state index in [0.29, 0.717) is 5.82 Å². The highest BCUT2D eigenvalue weighted by molar-refractivity contribution is 6.11. The highest BCUT2D eigenvalue weighted by atomic mass is 16.3. The summed E-state index contributed by atoms with van der Waals surface area (Å²) < 4.78 is 21.1. The first-order valence-electron chi connectivity index (χ1n) is 20.7. The van der Waals surface area contributed by atoms with E-state index < -0.39 is 0 Å². The predicted octanol–water partition coefficient (Wildman–Crippen LogP) is 15.3. The van der Waals surface area contributed by atoms with Crippen molar-refractivity contribution in [1.29, 1.82) is 0 Å². The molecule has 6 heteroatoms. The van der Waals surface area contributed by atoms with Gasteiger partial charge in [-0.1, -0.05) is 170 Å². The lowest BCUT2D eigenvalue weighted by molar-refractivity contribution is 0.669. The van der Waals surface area contributed by atoms with E-state index in [1.54, 1.807) is 0 Å². The summed E-state index contributed by atoms with van der Waals surface area (Å²) in [6.45, 7) is 0. The fraction of sp³-hybridized carbons (Fsp3) is 0. The van der Waals surface area contributed by atoms with Crippen LogP contribution in [0.5, 0.6) is 0 Å². The van der Waals surface area contributed by atoms with Gasteiger partial charge in [0.25, 0.3) is 0 Å². The average molecular weight is 796 g/mol. The summed E-state index contributed by atoms with van der Waals surface area (Å²) in [5.41, 5.74) is 14.3. The highest BCUT2D eigenvalue weighted by Crippen LogP contribution is 2.40. The maximum Gasteiger partial charge on any atom is 0.182 e. The zero-order valence-corrected chi connectivity index (χ0v) is 33.1. The molecule has 0 amide bonds. The van der Waals surface area contributed by atoms with Gasteiger partial charge in [-0.2, -0.15) is 0 Å². The molecule has 290 valence electrons. The van der Waals surface area contributed by atoms with E-state index in [4.69, 9.17) is 23.3 Å². The van der Waals surface area contributed by atoms with Crippen molar-refractivity contribution in [2.45, 2.75) is 0 Å². The normalized spacial score (nSPS) is 11.9.